The Kier molecular flexibility index (Phi) is 4.88. The lowest BCUT2D eigenvalue weighted by Crippen LogP contribution is -2.01. The van der Waals surface area contributed by atoms with Crippen LogP contribution in [-0.4, -0.2) is 31.6 Å². The van der Waals surface area contributed by atoms with Crippen molar-refractivity contribution < 1.29 is 27.7 Å². The third-order valence-electron chi connectivity index (χ3n) is 3.13. The molecule has 0 N–H and O–H groups in total. The third-order valence-corrected chi connectivity index (χ3v) is 4.24. The van der Waals surface area contributed by atoms with E-state index in [1.165, 1.54) is 19.2 Å². The second kappa shape index (κ2) is 6.73. The van der Waals surface area contributed by atoms with Crippen LogP contribution in [0.3, 0.4) is 0 Å². The maximum Gasteiger partial charge on any atom is 0.312 e. The van der Waals surface area contributed by atoms with Crippen LogP contribution in [-0.2, 0) is 9.84 Å². The van der Waals surface area contributed by atoms with Crippen molar-refractivity contribution in [2.24, 2.45) is 0 Å². The molecule has 0 aliphatic heterocycles. The van der Waals surface area contributed by atoms with Crippen molar-refractivity contribution in [1.29, 1.82) is 0 Å². The number of nitrogens with zero attached hydrogens (tertiary/aromatic N) is 2. The predicted octanol–water partition coefficient (Wildman–Crippen LogP) is 2.71. The summed E-state index contributed by atoms with van der Waals surface area (Å²) in [5.74, 6) is -0.282. The maximum absolute atomic E-state index is 11.5. The minimum atomic E-state index is -3.65. The number of nitro benzene ring substituents is 2. The number of non-ortho nitro benzene ring substituents is 1. The van der Waals surface area contributed by atoms with Crippen molar-refractivity contribution in [2.75, 3.05) is 13.4 Å². The van der Waals surface area contributed by atoms with E-state index < -0.39 is 25.4 Å². The zero-order valence-electron chi connectivity index (χ0n) is 13.0. The largest absolute Gasteiger partial charge is 0.493 e. The van der Waals surface area contributed by atoms with Gasteiger partial charge in [0.25, 0.3) is 5.69 Å². The van der Waals surface area contributed by atoms with Crippen molar-refractivity contribution in [3.8, 4) is 17.2 Å². The SMILES string of the molecule is COc1ccc([N+](=O)[O-])cc1Oc1ccc(S(C)(=O)=O)cc1[N+](=O)[O-]. The number of rotatable bonds is 6. The molecule has 0 spiro atoms. The molecule has 0 aliphatic rings. The van der Waals surface area contributed by atoms with Crippen LogP contribution in [0.15, 0.2) is 41.3 Å². The van der Waals surface area contributed by atoms with E-state index in [0.29, 0.717) is 0 Å². The molecule has 0 fully saturated rings. The van der Waals surface area contributed by atoms with Gasteiger partial charge in [0.2, 0.25) is 5.75 Å². The summed E-state index contributed by atoms with van der Waals surface area (Å²) in [4.78, 5) is 20.4. The fourth-order valence-electron chi connectivity index (χ4n) is 1.93. The van der Waals surface area contributed by atoms with E-state index in [-0.39, 0.29) is 27.8 Å². The molecule has 0 radical (unpaired) electrons. The molecule has 0 heterocycles. The van der Waals surface area contributed by atoms with Crippen LogP contribution in [0, 0.1) is 20.2 Å². The third kappa shape index (κ3) is 4.01. The molecule has 0 aromatic heterocycles. The van der Waals surface area contributed by atoms with Gasteiger partial charge < -0.3 is 9.47 Å². The molecule has 2 aromatic carbocycles. The molecule has 0 saturated carbocycles. The second-order valence-corrected chi connectivity index (χ2v) is 6.87. The molecule has 0 aliphatic carbocycles. The molecule has 10 nitrogen and oxygen atoms in total. The van der Waals surface area contributed by atoms with Gasteiger partial charge in [-0.15, -0.1) is 0 Å². The number of hydrogen-bond acceptors (Lipinski definition) is 8. The number of benzene rings is 2. The summed E-state index contributed by atoms with van der Waals surface area (Å²) in [5, 5.41) is 22.1. The molecule has 132 valence electrons. The van der Waals surface area contributed by atoms with Crippen LogP contribution >= 0.6 is 0 Å². The Morgan fingerprint density at radius 1 is 0.920 bits per heavy atom. The van der Waals surface area contributed by atoms with Gasteiger partial charge in [-0.2, -0.15) is 0 Å². The smallest absolute Gasteiger partial charge is 0.312 e. The first kappa shape index (κ1) is 18.1. The molecular formula is C14H12N2O8S. The lowest BCUT2D eigenvalue weighted by atomic mass is 10.2. The second-order valence-electron chi connectivity index (χ2n) is 4.85. The van der Waals surface area contributed by atoms with Gasteiger partial charge in [0, 0.05) is 18.4 Å². The first-order valence-electron chi connectivity index (χ1n) is 6.62. The molecule has 0 saturated heterocycles. The van der Waals surface area contributed by atoms with E-state index in [1.54, 1.807) is 0 Å². The summed E-state index contributed by atoms with van der Waals surface area (Å²) in [6.07, 6.45) is 0.913. The summed E-state index contributed by atoms with van der Waals surface area (Å²) in [6.45, 7) is 0. The Labute approximate surface area is 141 Å². The zero-order chi connectivity index (χ0) is 18.8. The highest BCUT2D eigenvalue weighted by Crippen LogP contribution is 2.39. The summed E-state index contributed by atoms with van der Waals surface area (Å²) < 4.78 is 33.5. The van der Waals surface area contributed by atoms with E-state index in [4.69, 9.17) is 9.47 Å². The van der Waals surface area contributed by atoms with Crippen molar-refractivity contribution in [3.63, 3.8) is 0 Å². The molecule has 25 heavy (non-hydrogen) atoms. The Bertz CT molecular complexity index is 955. The molecule has 11 heteroatoms. The highest BCUT2D eigenvalue weighted by molar-refractivity contribution is 7.90. The highest BCUT2D eigenvalue weighted by atomic mass is 32.2. The van der Waals surface area contributed by atoms with Crippen molar-refractivity contribution in [1.82, 2.24) is 0 Å². The number of sulfone groups is 1. The van der Waals surface area contributed by atoms with E-state index in [0.717, 1.165) is 30.5 Å². The minimum absolute atomic E-state index is 0.118. The Balaban J connectivity index is 2.55. The number of hydrogen-bond donors (Lipinski definition) is 0. The quantitative estimate of drug-likeness (QED) is 0.560. The van der Waals surface area contributed by atoms with Gasteiger partial charge in [-0.25, -0.2) is 8.42 Å². The predicted molar refractivity (Wildman–Crippen MR) is 85.9 cm³/mol. The molecular weight excluding hydrogens is 356 g/mol. The number of nitro groups is 2. The topological polar surface area (TPSA) is 139 Å². The highest BCUT2D eigenvalue weighted by Gasteiger charge is 2.22. The normalized spacial score (nSPS) is 11.0. The van der Waals surface area contributed by atoms with Gasteiger partial charge >= 0.3 is 5.69 Å². The van der Waals surface area contributed by atoms with Crippen molar-refractivity contribution in [2.45, 2.75) is 4.90 Å². The molecule has 0 amide bonds. The molecule has 0 atom stereocenters. The summed E-state index contributed by atoms with van der Waals surface area (Å²) in [7, 11) is -2.35. The van der Waals surface area contributed by atoms with E-state index in [2.05, 4.69) is 0 Å². The molecule has 2 rings (SSSR count). The fraction of sp³-hybridized carbons (Fsp3) is 0.143. The standard InChI is InChI=1S/C14H12N2O8S/c1-23-13-5-3-9(15(17)18)7-14(13)24-12-6-4-10(25(2,21)22)8-11(12)16(19)20/h3-8H,1-2H3. The monoisotopic (exact) mass is 368 g/mol. The van der Waals surface area contributed by atoms with Crippen molar-refractivity contribution >= 4 is 21.2 Å². The van der Waals surface area contributed by atoms with Gasteiger partial charge in [0.15, 0.2) is 21.3 Å². The number of methoxy groups -OCH3 is 1. The van der Waals surface area contributed by atoms with Crippen LogP contribution in [0.5, 0.6) is 17.2 Å². The first-order valence-corrected chi connectivity index (χ1v) is 8.51. The average Bonchev–Trinajstić information content (AvgIpc) is 2.53. The van der Waals surface area contributed by atoms with Crippen LogP contribution in [0.25, 0.3) is 0 Å². The van der Waals surface area contributed by atoms with Gasteiger partial charge in [0.1, 0.15) is 0 Å². The zero-order valence-corrected chi connectivity index (χ0v) is 13.8. The van der Waals surface area contributed by atoms with Crippen LogP contribution in [0.4, 0.5) is 11.4 Å². The van der Waals surface area contributed by atoms with Gasteiger partial charge in [-0.05, 0) is 18.2 Å². The van der Waals surface area contributed by atoms with E-state index >= 15 is 0 Å². The van der Waals surface area contributed by atoms with Gasteiger partial charge in [-0.1, -0.05) is 0 Å². The molecule has 0 bridgehead atoms. The molecule has 2 aromatic rings. The Morgan fingerprint density at radius 3 is 2.08 bits per heavy atom. The van der Waals surface area contributed by atoms with Gasteiger partial charge in [-0.3, -0.25) is 20.2 Å². The lowest BCUT2D eigenvalue weighted by Gasteiger charge is -2.11. The summed E-state index contributed by atoms with van der Waals surface area (Å²) in [6, 6.07) is 6.62. The Morgan fingerprint density at radius 2 is 1.56 bits per heavy atom. The molecule has 0 unspecified atom stereocenters. The first-order chi connectivity index (χ1) is 11.6. The minimum Gasteiger partial charge on any atom is -0.493 e. The fourth-order valence-corrected chi connectivity index (χ4v) is 2.57. The van der Waals surface area contributed by atoms with E-state index in [9.17, 15) is 28.6 Å². The van der Waals surface area contributed by atoms with Crippen LogP contribution < -0.4 is 9.47 Å². The summed E-state index contributed by atoms with van der Waals surface area (Å²) >= 11 is 0. The summed E-state index contributed by atoms with van der Waals surface area (Å²) in [5.41, 5.74) is -0.900. The van der Waals surface area contributed by atoms with E-state index in [1.807, 2.05) is 0 Å². The Hall–Kier alpha value is -3.21. The average molecular weight is 368 g/mol. The van der Waals surface area contributed by atoms with Gasteiger partial charge in [0.05, 0.1) is 27.9 Å². The lowest BCUT2D eigenvalue weighted by molar-refractivity contribution is -0.386. The van der Waals surface area contributed by atoms with Crippen LogP contribution in [0.2, 0.25) is 0 Å². The number of ether oxygens (including phenoxy) is 2. The van der Waals surface area contributed by atoms with Crippen molar-refractivity contribution in [3.05, 3.63) is 56.6 Å². The maximum atomic E-state index is 11.5. The van der Waals surface area contributed by atoms with Crippen LogP contribution in [0.1, 0.15) is 0 Å².